The highest BCUT2D eigenvalue weighted by molar-refractivity contribution is 8.00. The van der Waals surface area contributed by atoms with Gasteiger partial charge in [-0.1, -0.05) is 18.2 Å². The van der Waals surface area contributed by atoms with Crippen LogP contribution in [0.2, 0.25) is 0 Å². The zero-order valence-electron chi connectivity index (χ0n) is 15.6. The number of carbonyl (C=O) groups is 2. The van der Waals surface area contributed by atoms with Gasteiger partial charge in [-0.25, -0.2) is 0 Å². The van der Waals surface area contributed by atoms with E-state index in [1.165, 1.54) is 44.0 Å². The number of nitrogens with one attached hydrogen (secondary N) is 1. The second-order valence-electron chi connectivity index (χ2n) is 5.78. The summed E-state index contributed by atoms with van der Waals surface area (Å²) in [5, 5.41) is 12.9. The number of methoxy groups -OCH3 is 1. The normalized spacial score (nSPS) is 12.5. The van der Waals surface area contributed by atoms with Gasteiger partial charge in [0.1, 0.15) is 11.0 Å². The molecule has 0 unspecified atom stereocenters. The van der Waals surface area contributed by atoms with E-state index in [0.29, 0.717) is 0 Å². The van der Waals surface area contributed by atoms with Crippen LogP contribution in [0.25, 0.3) is 0 Å². The minimum atomic E-state index is -1.09. The number of nitro benzene ring substituents is 1. The van der Waals surface area contributed by atoms with Gasteiger partial charge in [0.25, 0.3) is 11.6 Å². The van der Waals surface area contributed by atoms with Crippen LogP contribution in [0.3, 0.4) is 0 Å². The summed E-state index contributed by atoms with van der Waals surface area (Å²) in [4.78, 5) is 35.9. The van der Waals surface area contributed by atoms with Crippen molar-refractivity contribution >= 4 is 35.0 Å². The van der Waals surface area contributed by atoms with Crippen molar-refractivity contribution in [1.29, 1.82) is 0 Å². The molecule has 0 fully saturated rings. The van der Waals surface area contributed by atoms with Gasteiger partial charge in [0, 0.05) is 17.0 Å². The van der Waals surface area contributed by atoms with Crippen LogP contribution in [0, 0.1) is 10.1 Å². The first kappa shape index (κ1) is 21.2. The summed E-state index contributed by atoms with van der Waals surface area (Å²) in [6.07, 6.45) is -1.09. The Morgan fingerprint density at radius 3 is 2.43 bits per heavy atom. The summed E-state index contributed by atoms with van der Waals surface area (Å²) in [6, 6.07) is 13.2. The molecule has 8 nitrogen and oxygen atoms in total. The second-order valence-corrected chi connectivity index (χ2v) is 7.20. The van der Waals surface area contributed by atoms with Crippen LogP contribution in [-0.4, -0.2) is 35.3 Å². The first-order valence-corrected chi connectivity index (χ1v) is 9.25. The minimum absolute atomic E-state index is 0.122. The molecule has 28 heavy (non-hydrogen) atoms. The molecule has 0 aromatic heterocycles. The van der Waals surface area contributed by atoms with Crippen molar-refractivity contribution in [1.82, 2.24) is 0 Å². The molecule has 1 amide bonds. The zero-order valence-corrected chi connectivity index (χ0v) is 16.4. The van der Waals surface area contributed by atoms with E-state index >= 15 is 0 Å². The molecule has 0 heterocycles. The predicted octanol–water partition coefficient (Wildman–Crippen LogP) is 3.65. The molecule has 0 aliphatic carbocycles. The van der Waals surface area contributed by atoms with E-state index in [9.17, 15) is 19.7 Å². The summed E-state index contributed by atoms with van der Waals surface area (Å²) in [5.41, 5.74) is -0.0788. The van der Waals surface area contributed by atoms with E-state index in [2.05, 4.69) is 5.32 Å². The first-order chi connectivity index (χ1) is 13.3. The monoisotopic (exact) mass is 404 g/mol. The molecule has 0 radical (unpaired) electrons. The average molecular weight is 404 g/mol. The predicted molar refractivity (Wildman–Crippen MR) is 106 cm³/mol. The molecule has 0 saturated heterocycles. The molecule has 0 aliphatic rings. The lowest BCUT2D eigenvalue weighted by Crippen LogP contribution is -2.32. The number of nitrogens with zero attached hydrogens (tertiary/aromatic N) is 1. The number of amides is 1. The number of ether oxygens (including phenoxy) is 2. The Morgan fingerprint density at radius 2 is 1.82 bits per heavy atom. The maximum absolute atomic E-state index is 12.4. The SMILES string of the molecule is COc1ccc([N+](=O)[O-])cc1NC(=O)[C@@H](C)OC(=O)[C@@H](C)Sc1ccccc1. The van der Waals surface area contributed by atoms with Crippen molar-refractivity contribution in [2.24, 2.45) is 0 Å². The summed E-state index contributed by atoms with van der Waals surface area (Å²) in [5.74, 6) is -0.906. The van der Waals surface area contributed by atoms with Crippen LogP contribution in [0.15, 0.2) is 53.4 Å². The molecule has 2 aromatic carbocycles. The van der Waals surface area contributed by atoms with E-state index in [-0.39, 0.29) is 17.1 Å². The Kier molecular flexibility index (Phi) is 7.39. The number of hydrogen-bond donors (Lipinski definition) is 1. The molecule has 2 rings (SSSR count). The van der Waals surface area contributed by atoms with Gasteiger partial charge >= 0.3 is 5.97 Å². The Labute approximate surface area is 166 Å². The zero-order chi connectivity index (χ0) is 20.7. The first-order valence-electron chi connectivity index (χ1n) is 8.37. The maximum atomic E-state index is 12.4. The van der Waals surface area contributed by atoms with E-state index in [4.69, 9.17) is 9.47 Å². The number of non-ortho nitro benzene ring substituents is 1. The van der Waals surface area contributed by atoms with Crippen LogP contribution in [0.5, 0.6) is 5.75 Å². The Balaban J connectivity index is 1.99. The third-order valence-corrected chi connectivity index (χ3v) is 4.79. The fourth-order valence-corrected chi connectivity index (χ4v) is 3.09. The van der Waals surface area contributed by atoms with Gasteiger partial charge in [-0.15, -0.1) is 11.8 Å². The van der Waals surface area contributed by atoms with Crippen LogP contribution in [-0.2, 0) is 14.3 Å². The van der Waals surface area contributed by atoms with Crippen molar-refractivity contribution in [2.75, 3.05) is 12.4 Å². The molecule has 148 valence electrons. The number of thioether (sulfide) groups is 1. The Bertz CT molecular complexity index is 859. The number of carbonyl (C=O) groups excluding carboxylic acids is 2. The average Bonchev–Trinajstić information content (AvgIpc) is 2.68. The van der Waals surface area contributed by atoms with Gasteiger partial charge in [-0.05, 0) is 32.0 Å². The van der Waals surface area contributed by atoms with Crippen molar-refractivity contribution in [2.45, 2.75) is 30.1 Å². The van der Waals surface area contributed by atoms with Gasteiger partial charge in [0.2, 0.25) is 0 Å². The third kappa shape index (κ3) is 5.71. The van der Waals surface area contributed by atoms with Crippen LogP contribution >= 0.6 is 11.8 Å². The quantitative estimate of drug-likeness (QED) is 0.310. The third-order valence-electron chi connectivity index (χ3n) is 3.70. The molecule has 1 N–H and O–H groups in total. The maximum Gasteiger partial charge on any atom is 0.319 e. The van der Waals surface area contributed by atoms with Crippen molar-refractivity contribution < 1.29 is 24.0 Å². The number of anilines is 1. The number of hydrogen-bond acceptors (Lipinski definition) is 7. The van der Waals surface area contributed by atoms with E-state index in [1.807, 2.05) is 30.3 Å². The van der Waals surface area contributed by atoms with Gasteiger partial charge in [-0.3, -0.25) is 19.7 Å². The Hall–Kier alpha value is -3.07. The highest BCUT2D eigenvalue weighted by Crippen LogP contribution is 2.29. The molecule has 2 atom stereocenters. The van der Waals surface area contributed by atoms with Gasteiger partial charge in [0.05, 0.1) is 17.7 Å². The highest BCUT2D eigenvalue weighted by atomic mass is 32.2. The fourth-order valence-electron chi connectivity index (χ4n) is 2.22. The fraction of sp³-hybridized carbons (Fsp3) is 0.263. The summed E-state index contributed by atoms with van der Waals surface area (Å²) in [6.45, 7) is 3.12. The van der Waals surface area contributed by atoms with Crippen molar-refractivity contribution in [3.05, 3.63) is 58.6 Å². The molecule has 2 aromatic rings. The molecular weight excluding hydrogens is 384 g/mol. The van der Waals surface area contributed by atoms with Gasteiger partial charge in [-0.2, -0.15) is 0 Å². The molecule has 0 aliphatic heterocycles. The lowest BCUT2D eigenvalue weighted by Gasteiger charge is -2.17. The van der Waals surface area contributed by atoms with Crippen LogP contribution in [0.4, 0.5) is 11.4 Å². The highest BCUT2D eigenvalue weighted by Gasteiger charge is 2.24. The molecule has 0 saturated carbocycles. The standard InChI is InChI=1S/C19H20N2O6S/c1-12(27-19(23)13(2)28-15-7-5-4-6-8-15)18(22)20-16-11-14(21(24)25)9-10-17(16)26-3/h4-13H,1-3H3,(H,20,22)/t12-,13-/m1/s1. The molecule has 0 bridgehead atoms. The summed E-state index contributed by atoms with van der Waals surface area (Å²) >= 11 is 1.32. The van der Waals surface area contributed by atoms with E-state index < -0.39 is 28.2 Å². The molecular formula is C19H20N2O6S. The van der Waals surface area contributed by atoms with Gasteiger partial charge < -0.3 is 14.8 Å². The van der Waals surface area contributed by atoms with Crippen LogP contribution < -0.4 is 10.1 Å². The Morgan fingerprint density at radius 1 is 1.14 bits per heavy atom. The lowest BCUT2D eigenvalue weighted by molar-refractivity contribution is -0.384. The lowest BCUT2D eigenvalue weighted by atomic mass is 10.2. The minimum Gasteiger partial charge on any atom is -0.495 e. The second kappa shape index (κ2) is 9.75. The topological polar surface area (TPSA) is 108 Å². The number of benzene rings is 2. The molecule has 0 spiro atoms. The number of rotatable bonds is 8. The van der Waals surface area contributed by atoms with Crippen molar-refractivity contribution in [3.63, 3.8) is 0 Å². The summed E-state index contributed by atoms with van der Waals surface area (Å²) in [7, 11) is 1.38. The van der Waals surface area contributed by atoms with E-state index in [1.54, 1.807) is 6.92 Å². The van der Waals surface area contributed by atoms with E-state index in [0.717, 1.165) is 4.90 Å². The largest absolute Gasteiger partial charge is 0.495 e. The van der Waals surface area contributed by atoms with Gasteiger partial charge in [0.15, 0.2) is 6.10 Å². The molecule has 9 heteroatoms. The smallest absolute Gasteiger partial charge is 0.319 e. The number of esters is 1. The van der Waals surface area contributed by atoms with Crippen LogP contribution in [0.1, 0.15) is 13.8 Å². The number of nitro groups is 1. The summed E-state index contributed by atoms with van der Waals surface area (Å²) < 4.78 is 10.3. The van der Waals surface area contributed by atoms with Crippen molar-refractivity contribution in [3.8, 4) is 5.75 Å².